The molecule has 0 aromatic carbocycles. The van der Waals surface area contributed by atoms with E-state index in [0.717, 1.165) is 13.2 Å². The Bertz CT molecular complexity index is 309. The van der Waals surface area contributed by atoms with Gasteiger partial charge in [-0.1, -0.05) is 0 Å². The molecule has 0 amide bonds. The maximum atomic E-state index is 5.16. The Morgan fingerprint density at radius 2 is 2.44 bits per heavy atom. The summed E-state index contributed by atoms with van der Waals surface area (Å²) in [6.07, 6.45) is 5.83. The molecule has 1 saturated carbocycles. The summed E-state index contributed by atoms with van der Waals surface area (Å²) in [6, 6.07) is 0.424. The summed E-state index contributed by atoms with van der Waals surface area (Å²) in [5.41, 5.74) is 2.42. The van der Waals surface area contributed by atoms with Crippen molar-refractivity contribution in [2.45, 2.75) is 32.2 Å². The van der Waals surface area contributed by atoms with Gasteiger partial charge in [-0.15, -0.1) is 11.3 Å². The van der Waals surface area contributed by atoms with Crippen LogP contribution in [0.25, 0.3) is 0 Å². The molecule has 90 valence electrons. The van der Waals surface area contributed by atoms with Gasteiger partial charge in [-0.2, -0.15) is 0 Å². The Labute approximate surface area is 101 Å². The highest BCUT2D eigenvalue weighted by Gasteiger charge is 2.41. The van der Waals surface area contributed by atoms with Crippen molar-refractivity contribution in [2.75, 3.05) is 20.3 Å². The van der Waals surface area contributed by atoms with Crippen LogP contribution >= 0.6 is 11.3 Å². The molecule has 16 heavy (non-hydrogen) atoms. The summed E-state index contributed by atoms with van der Waals surface area (Å²) < 4.78 is 5.16. The standard InChI is InChI=1S/C12H20N2OS/c1-10(11-7-13-9-16-11)14-8-12(3-4-12)5-6-15-2/h7,9-10,14H,3-6,8H2,1-2H3. The molecule has 3 nitrogen and oxygen atoms in total. The molecule has 1 N–H and O–H groups in total. The number of nitrogens with one attached hydrogen (secondary N) is 1. The number of ether oxygens (including phenoxy) is 1. The van der Waals surface area contributed by atoms with Crippen LogP contribution in [0.3, 0.4) is 0 Å². The first-order valence-corrected chi connectivity index (χ1v) is 6.74. The van der Waals surface area contributed by atoms with Crippen molar-refractivity contribution in [2.24, 2.45) is 5.41 Å². The summed E-state index contributed by atoms with van der Waals surface area (Å²) in [4.78, 5) is 5.43. The molecule has 1 atom stereocenters. The monoisotopic (exact) mass is 240 g/mol. The number of aromatic nitrogens is 1. The van der Waals surface area contributed by atoms with E-state index in [0.29, 0.717) is 11.5 Å². The van der Waals surface area contributed by atoms with Gasteiger partial charge in [0, 0.05) is 37.4 Å². The highest BCUT2D eigenvalue weighted by Crippen LogP contribution is 2.48. The predicted molar refractivity (Wildman–Crippen MR) is 66.7 cm³/mol. The van der Waals surface area contributed by atoms with Crippen LogP contribution in [-0.4, -0.2) is 25.2 Å². The average molecular weight is 240 g/mol. The second-order valence-corrected chi connectivity index (χ2v) is 5.67. The topological polar surface area (TPSA) is 34.1 Å². The van der Waals surface area contributed by atoms with Gasteiger partial charge in [0.1, 0.15) is 0 Å². The van der Waals surface area contributed by atoms with Crippen LogP contribution in [0.1, 0.15) is 37.1 Å². The van der Waals surface area contributed by atoms with Crippen molar-refractivity contribution in [1.29, 1.82) is 0 Å². The van der Waals surface area contributed by atoms with E-state index in [9.17, 15) is 0 Å². The zero-order valence-electron chi connectivity index (χ0n) is 10.0. The van der Waals surface area contributed by atoms with Crippen molar-refractivity contribution in [3.8, 4) is 0 Å². The molecule has 0 spiro atoms. The SMILES string of the molecule is COCCC1(CNC(C)c2cncs2)CC1. The lowest BCUT2D eigenvalue weighted by Crippen LogP contribution is -2.27. The second kappa shape index (κ2) is 5.25. The number of nitrogens with zero attached hydrogens (tertiary/aromatic N) is 1. The highest BCUT2D eigenvalue weighted by molar-refractivity contribution is 7.09. The molecular formula is C12H20N2OS. The Morgan fingerprint density at radius 1 is 1.62 bits per heavy atom. The van der Waals surface area contributed by atoms with E-state index < -0.39 is 0 Å². The van der Waals surface area contributed by atoms with E-state index in [2.05, 4.69) is 17.2 Å². The summed E-state index contributed by atoms with van der Waals surface area (Å²) in [5.74, 6) is 0. The van der Waals surface area contributed by atoms with Crippen LogP contribution in [-0.2, 0) is 4.74 Å². The summed E-state index contributed by atoms with van der Waals surface area (Å²) >= 11 is 1.72. The summed E-state index contributed by atoms with van der Waals surface area (Å²) in [7, 11) is 1.78. The highest BCUT2D eigenvalue weighted by atomic mass is 32.1. The zero-order valence-corrected chi connectivity index (χ0v) is 10.8. The van der Waals surface area contributed by atoms with Gasteiger partial charge in [0.05, 0.1) is 5.51 Å². The lowest BCUT2D eigenvalue weighted by atomic mass is 10.0. The summed E-state index contributed by atoms with van der Waals surface area (Å²) in [6.45, 7) is 4.20. The molecule has 1 fully saturated rings. The zero-order chi connectivity index (χ0) is 11.4. The average Bonchev–Trinajstić information content (AvgIpc) is 2.85. The van der Waals surface area contributed by atoms with Crippen molar-refractivity contribution in [1.82, 2.24) is 10.3 Å². The molecule has 0 radical (unpaired) electrons. The minimum Gasteiger partial charge on any atom is -0.385 e. The van der Waals surface area contributed by atoms with E-state index >= 15 is 0 Å². The van der Waals surface area contributed by atoms with Crippen molar-refractivity contribution >= 4 is 11.3 Å². The van der Waals surface area contributed by atoms with Crippen molar-refractivity contribution < 1.29 is 4.74 Å². The van der Waals surface area contributed by atoms with Gasteiger partial charge in [-0.3, -0.25) is 4.98 Å². The van der Waals surface area contributed by atoms with Gasteiger partial charge >= 0.3 is 0 Å². The Kier molecular flexibility index (Phi) is 3.95. The Hall–Kier alpha value is -0.450. The first-order chi connectivity index (χ1) is 7.76. The molecule has 0 bridgehead atoms. The molecule has 0 saturated heterocycles. The van der Waals surface area contributed by atoms with Gasteiger partial charge in [-0.25, -0.2) is 0 Å². The molecule has 4 heteroatoms. The maximum absolute atomic E-state index is 5.16. The van der Waals surface area contributed by atoms with Gasteiger partial charge < -0.3 is 10.1 Å². The molecule has 2 rings (SSSR count). The first kappa shape index (κ1) is 12.0. The van der Waals surface area contributed by atoms with Crippen LogP contribution in [0.15, 0.2) is 11.7 Å². The normalized spacial score (nSPS) is 19.6. The van der Waals surface area contributed by atoms with E-state index in [1.165, 1.54) is 24.1 Å². The third kappa shape index (κ3) is 3.03. The largest absolute Gasteiger partial charge is 0.385 e. The van der Waals surface area contributed by atoms with Crippen LogP contribution < -0.4 is 5.32 Å². The first-order valence-electron chi connectivity index (χ1n) is 5.86. The molecule has 1 unspecified atom stereocenters. The molecule has 1 aromatic rings. The van der Waals surface area contributed by atoms with Crippen molar-refractivity contribution in [3.63, 3.8) is 0 Å². The van der Waals surface area contributed by atoms with Gasteiger partial charge in [0.2, 0.25) is 0 Å². The van der Waals surface area contributed by atoms with Crippen LogP contribution in [0.5, 0.6) is 0 Å². The molecular weight excluding hydrogens is 220 g/mol. The van der Waals surface area contributed by atoms with Crippen LogP contribution in [0.2, 0.25) is 0 Å². The molecule has 1 aliphatic carbocycles. The van der Waals surface area contributed by atoms with Gasteiger partial charge in [0.25, 0.3) is 0 Å². The van der Waals surface area contributed by atoms with E-state index in [-0.39, 0.29) is 0 Å². The van der Waals surface area contributed by atoms with E-state index in [1.54, 1.807) is 18.4 Å². The van der Waals surface area contributed by atoms with Gasteiger partial charge in [-0.05, 0) is 31.6 Å². The lowest BCUT2D eigenvalue weighted by Gasteiger charge is -2.18. The van der Waals surface area contributed by atoms with Crippen molar-refractivity contribution in [3.05, 3.63) is 16.6 Å². The molecule has 1 aromatic heterocycles. The fourth-order valence-corrected chi connectivity index (χ4v) is 2.57. The predicted octanol–water partition coefficient (Wildman–Crippen LogP) is 2.61. The summed E-state index contributed by atoms with van der Waals surface area (Å²) in [5, 5.41) is 3.61. The second-order valence-electron chi connectivity index (χ2n) is 4.75. The Balaban J connectivity index is 1.75. The number of methoxy groups -OCH3 is 1. The maximum Gasteiger partial charge on any atom is 0.0794 e. The van der Waals surface area contributed by atoms with Gasteiger partial charge in [0.15, 0.2) is 0 Å². The van der Waals surface area contributed by atoms with Crippen LogP contribution in [0, 0.1) is 5.41 Å². The number of thiazole rings is 1. The minimum absolute atomic E-state index is 0.424. The third-order valence-electron chi connectivity index (χ3n) is 3.46. The quantitative estimate of drug-likeness (QED) is 0.795. The molecule has 0 aliphatic heterocycles. The number of rotatable bonds is 7. The van der Waals surface area contributed by atoms with E-state index in [4.69, 9.17) is 4.74 Å². The lowest BCUT2D eigenvalue weighted by molar-refractivity contribution is 0.170. The smallest absolute Gasteiger partial charge is 0.0794 e. The fraction of sp³-hybridized carbons (Fsp3) is 0.750. The number of hydrogen-bond donors (Lipinski definition) is 1. The third-order valence-corrected chi connectivity index (χ3v) is 4.41. The molecule has 1 aliphatic rings. The number of hydrogen-bond acceptors (Lipinski definition) is 4. The fourth-order valence-electron chi connectivity index (χ4n) is 1.92. The molecule has 1 heterocycles. The Morgan fingerprint density at radius 3 is 3.00 bits per heavy atom. The van der Waals surface area contributed by atoms with E-state index in [1.807, 2.05) is 11.7 Å². The van der Waals surface area contributed by atoms with Crippen LogP contribution in [0.4, 0.5) is 0 Å². The minimum atomic E-state index is 0.424.